The molecule has 0 bridgehead atoms. The van der Waals surface area contributed by atoms with Gasteiger partial charge in [0.2, 0.25) is 5.91 Å². The van der Waals surface area contributed by atoms with Crippen LogP contribution in [-0.4, -0.2) is 28.4 Å². The van der Waals surface area contributed by atoms with E-state index in [0.29, 0.717) is 25.3 Å². The topological polar surface area (TPSA) is 57.6 Å². The van der Waals surface area contributed by atoms with Crippen LogP contribution in [0, 0.1) is 11.8 Å². The third kappa shape index (κ3) is 2.55. The number of aliphatic carboxylic acids is 1. The van der Waals surface area contributed by atoms with Crippen molar-refractivity contribution >= 4 is 11.9 Å². The van der Waals surface area contributed by atoms with E-state index in [0.717, 1.165) is 18.4 Å². The zero-order chi connectivity index (χ0) is 14.1. The predicted molar refractivity (Wildman–Crippen MR) is 74.0 cm³/mol. The van der Waals surface area contributed by atoms with Crippen LogP contribution in [0.4, 0.5) is 0 Å². The lowest BCUT2D eigenvalue weighted by Crippen LogP contribution is -2.46. The molecule has 1 aliphatic heterocycles. The SMILES string of the molecule is O=C(O)C1CCC(=O)N(CC2CC2)C1c1ccccc1. The first-order chi connectivity index (χ1) is 9.66. The van der Waals surface area contributed by atoms with E-state index in [1.807, 2.05) is 35.2 Å². The molecule has 20 heavy (non-hydrogen) atoms. The molecule has 1 saturated heterocycles. The molecule has 2 unspecified atom stereocenters. The molecule has 1 saturated carbocycles. The number of piperidine rings is 1. The number of hydrogen-bond acceptors (Lipinski definition) is 2. The summed E-state index contributed by atoms with van der Waals surface area (Å²) in [5, 5.41) is 9.49. The van der Waals surface area contributed by atoms with E-state index in [2.05, 4.69) is 0 Å². The van der Waals surface area contributed by atoms with Gasteiger partial charge in [-0.3, -0.25) is 9.59 Å². The Labute approximate surface area is 118 Å². The number of likely N-dealkylation sites (tertiary alicyclic amines) is 1. The van der Waals surface area contributed by atoms with Crippen LogP contribution in [0.1, 0.15) is 37.3 Å². The number of amides is 1. The van der Waals surface area contributed by atoms with Crippen molar-refractivity contribution in [3.63, 3.8) is 0 Å². The maximum absolute atomic E-state index is 12.2. The summed E-state index contributed by atoms with van der Waals surface area (Å²) in [5.74, 6) is -0.623. The van der Waals surface area contributed by atoms with Gasteiger partial charge in [-0.2, -0.15) is 0 Å². The molecule has 0 aromatic heterocycles. The summed E-state index contributed by atoms with van der Waals surface area (Å²) in [6.45, 7) is 0.710. The molecule has 3 rings (SSSR count). The van der Waals surface area contributed by atoms with Crippen LogP contribution in [0.3, 0.4) is 0 Å². The molecule has 1 aromatic carbocycles. The van der Waals surface area contributed by atoms with E-state index in [-0.39, 0.29) is 11.9 Å². The van der Waals surface area contributed by atoms with E-state index >= 15 is 0 Å². The Morgan fingerprint density at radius 3 is 2.50 bits per heavy atom. The van der Waals surface area contributed by atoms with Crippen molar-refractivity contribution < 1.29 is 14.7 Å². The second kappa shape index (κ2) is 5.27. The van der Waals surface area contributed by atoms with Gasteiger partial charge < -0.3 is 10.0 Å². The minimum atomic E-state index is -0.799. The van der Waals surface area contributed by atoms with Gasteiger partial charge >= 0.3 is 5.97 Å². The molecule has 2 atom stereocenters. The normalized spacial score (nSPS) is 26.6. The Morgan fingerprint density at radius 1 is 1.20 bits per heavy atom. The zero-order valence-corrected chi connectivity index (χ0v) is 11.4. The Morgan fingerprint density at radius 2 is 1.90 bits per heavy atom. The quantitative estimate of drug-likeness (QED) is 0.916. The van der Waals surface area contributed by atoms with Crippen LogP contribution in [0.25, 0.3) is 0 Å². The molecule has 4 heteroatoms. The van der Waals surface area contributed by atoms with Crippen molar-refractivity contribution in [2.45, 2.75) is 31.7 Å². The summed E-state index contributed by atoms with van der Waals surface area (Å²) in [6.07, 6.45) is 3.11. The average Bonchev–Trinajstić information content (AvgIpc) is 3.25. The molecule has 1 amide bonds. The Bertz CT molecular complexity index is 510. The third-order valence-corrected chi connectivity index (χ3v) is 4.32. The van der Waals surface area contributed by atoms with Gasteiger partial charge in [0, 0.05) is 13.0 Å². The number of nitrogens with zero attached hydrogens (tertiary/aromatic N) is 1. The maximum atomic E-state index is 12.2. The maximum Gasteiger partial charge on any atom is 0.308 e. The molecule has 1 aromatic rings. The molecule has 1 aliphatic carbocycles. The lowest BCUT2D eigenvalue weighted by Gasteiger charge is -2.40. The van der Waals surface area contributed by atoms with Crippen molar-refractivity contribution in [2.24, 2.45) is 11.8 Å². The lowest BCUT2D eigenvalue weighted by molar-refractivity contribution is -0.152. The minimum absolute atomic E-state index is 0.100. The number of benzene rings is 1. The largest absolute Gasteiger partial charge is 0.481 e. The number of carbonyl (C=O) groups excluding carboxylic acids is 1. The number of carbonyl (C=O) groups is 2. The predicted octanol–water partition coefficient (Wildman–Crippen LogP) is 2.46. The van der Waals surface area contributed by atoms with Crippen molar-refractivity contribution in [2.75, 3.05) is 6.54 Å². The van der Waals surface area contributed by atoms with Gasteiger partial charge in [0.05, 0.1) is 12.0 Å². The first kappa shape index (κ1) is 13.2. The van der Waals surface area contributed by atoms with Crippen LogP contribution in [0.2, 0.25) is 0 Å². The summed E-state index contributed by atoms with van der Waals surface area (Å²) < 4.78 is 0. The van der Waals surface area contributed by atoms with Gasteiger partial charge in [-0.25, -0.2) is 0 Å². The number of hydrogen-bond donors (Lipinski definition) is 1. The highest BCUT2D eigenvalue weighted by molar-refractivity contribution is 5.81. The molecule has 1 N–H and O–H groups in total. The fourth-order valence-corrected chi connectivity index (χ4v) is 3.07. The number of carboxylic acids is 1. The van der Waals surface area contributed by atoms with Gasteiger partial charge in [0.25, 0.3) is 0 Å². The summed E-state index contributed by atoms with van der Waals surface area (Å²) >= 11 is 0. The fraction of sp³-hybridized carbons (Fsp3) is 0.500. The molecule has 1 heterocycles. The first-order valence-corrected chi connectivity index (χ1v) is 7.24. The van der Waals surface area contributed by atoms with Gasteiger partial charge in [-0.15, -0.1) is 0 Å². The van der Waals surface area contributed by atoms with Crippen molar-refractivity contribution in [3.05, 3.63) is 35.9 Å². The van der Waals surface area contributed by atoms with Crippen molar-refractivity contribution in [1.29, 1.82) is 0 Å². The Balaban J connectivity index is 1.94. The smallest absolute Gasteiger partial charge is 0.308 e. The third-order valence-electron chi connectivity index (χ3n) is 4.32. The van der Waals surface area contributed by atoms with Crippen LogP contribution >= 0.6 is 0 Å². The van der Waals surface area contributed by atoms with E-state index in [1.54, 1.807) is 0 Å². The number of rotatable bonds is 4. The van der Waals surface area contributed by atoms with Gasteiger partial charge in [0.15, 0.2) is 0 Å². The molecule has 0 radical (unpaired) electrons. The zero-order valence-electron chi connectivity index (χ0n) is 11.4. The van der Waals surface area contributed by atoms with Crippen LogP contribution in [0.15, 0.2) is 30.3 Å². The average molecular weight is 273 g/mol. The fourth-order valence-electron chi connectivity index (χ4n) is 3.07. The van der Waals surface area contributed by atoms with Crippen LogP contribution in [0.5, 0.6) is 0 Å². The van der Waals surface area contributed by atoms with E-state index < -0.39 is 11.9 Å². The molecule has 106 valence electrons. The van der Waals surface area contributed by atoms with E-state index in [9.17, 15) is 14.7 Å². The minimum Gasteiger partial charge on any atom is -0.481 e. The van der Waals surface area contributed by atoms with Crippen molar-refractivity contribution in [1.82, 2.24) is 4.90 Å². The lowest BCUT2D eigenvalue weighted by atomic mass is 9.84. The molecule has 2 fully saturated rings. The molecular weight excluding hydrogens is 254 g/mol. The highest BCUT2D eigenvalue weighted by atomic mass is 16.4. The van der Waals surface area contributed by atoms with Gasteiger partial charge in [0.1, 0.15) is 0 Å². The van der Waals surface area contributed by atoms with Crippen LogP contribution in [-0.2, 0) is 9.59 Å². The summed E-state index contributed by atoms with van der Waals surface area (Å²) in [7, 11) is 0. The monoisotopic (exact) mass is 273 g/mol. The highest BCUT2D eigenvalue weighted by Crippen LogP contribution is 2.40. The second-order valence-corrected chi connectivity index (χ2v) is 5.83. The molecule has 4 nitrogen and oxygen atoms in total. The Kier molecular flexibility index (Phi) is 3.47. The molecular formula is C16H19NO3. The summed E-state index contributed by atoms with van der Waals surface area (Å²) in [5.41, 5.74) is 0.939. The first-order valence-electron chi connectivity index (χ1n) is 7.24. The number of carboxylic acid groups (broad SMARTS) is 1. The van der Waals surface area contributed by atoms with E-state index in [1.165, 1.54) is 0 Å². The van der Waals surface area contributed by atoms with Crippen molar-refractivity contribution in [3.8, 4) is 0 Å². The molecule has 0 spiro atoms. The summed E-state index contributed by atoms with van der Waals surface area (Å²) in [6, 6.07) is 9.27. The standard InChI is InChI=1S/C16H19NO3/c18-14-9-8-13(16(19)20)15(12-4-2-1-3-5-12)17(14)10-11-6-7-11/h1-5,11,13,15H,6-10H2,(H,19,20). The van der Waals surface area contributed by atoms with E-state index in [4.69, 9.17) is 0 Å². The van der Waals surface area contributed by atoms with Crippen LogP contribution < -0.4 is 0 Å². The van der Waals surface area contributed by atoms with Gasteiger partial charge in [-0.1, -0.05) is 30.3 Å². The van der Waals surface area contributed by atoms with Gasteiger partial charge in [-0.05, 0) is 30.7 Å². The highest BCUT2D eigenvalue weighted by Gasteiger charge is 2.42. The second-order valence-electron chi connectivity index (χ2n) is 5.83. The Hall–Kier alpha value is -1.84. The summed E-state index contributed by atoms with van der Waals surface area (Å²) in [4.78, 5) is 25.6. The molecule has 2 aliphatic rings.